The Morgan fingerprint density at radius 1 is 1.17 bits per heavy atom. The number of fused-ring (bicyclic) bond motifs is 1. The minimum atomic E-state index is -3.85. The van der Waals surface area contributed by atoms with E-state index in [0.717, 1.165) is 16.9 Å². The summed E-state index contributed by atoms with van der Waals surface area (Å²) in [5.74, 6) is -0.232. The molecule has 0 aliphatic rings. The topological polar surface area (TPSA) is 99.4 Å². The van der Waals surface area contributed by atoms with Gasteiger partial charge in [0.1, 0.15) is 5.75 Å². The fraction of sp³-hybridized carbons (Fsp3) is 0. The molecule has 2 N–H and O–H groups in total. The van der Waals surface area contributed by atoms with E-state index < -0.39 is 16.0 Å². The molecule has 0 amide bonds. The molecular formula is C16H12N2O4S2. The van der Waals surface area contributed by atoms with Crippen molar-refractivity contribution in [2.45, 2.75) is 4.34 Å². The number of thiazole rings is 1. The van der Waals surface area contributed by atoms with Gasteiger partial charge in [0.25, 0.3) is 10.0 Å². The molecule has 0 radical (unpaired) electrons. The van der Waals surface area contributed by atoms with Crippen LogP contribution < -0.4 is 9.88 Å². The molecule has 24 heavy (non-hydrogen) atoms. The number of nitrogens with two attached hydrogens (primary N) is 1. The summed E-state index contributed by atoms with van der Waals surface area (Å²) in [4.78, 5) is 15.8. The maximum atomic E-state index is 11.8. The molecule has 8 heteroatoms. The highest BCUT2D eigenvalue weighted by atomic mass is 32.2. The monoisotopic (exact) mass is 360 g/mol. The first-order valence-corrected chi connectivity index (χ1v) is 9.16. The highest BCUT2D eigenvalue weighted by Crippen LogP contribution is 2.28. The van der Waals surface area contributed by atoms with Crippen molar-refractivity contribution in [3.05, 3.63) is 60.2 Å². The fourth-order valence-corrected chi connectivity index (χ4v) is 3.63. The number of sulfonamides is 1. The highest BCUT2D eigenvalue weighted by molar-refractivity contribution is 7.91. The molecule has 0 saturated carbocycles. The lowest BCUT2D eigenvalue weighted by molar-refractivity contribution is -0.128. The third-order valence-corrected chi connectivity index (χ3v) is 5.35. The summed E-state index contributed by atoms with van der Waals surface area (Å²) < 4.78 is 28.2. The van der Waals surface area contributed by atoms with Gasteiger partial charge in [-0.3, -0.25) is 0 Å². The van der Waals surface area contributed by atoms with Crippen molar-refractivity contribution >= 4 is 43.6 Å². The van der Waals surface area contributed by atoms with Gasteiger partial charge in [-0.1, -0.05) is 30.3 Å². The number of nitrogens with zero attached hydrogens (tertiary/aromatic N) is 1. The van der Waals surface area contributed by atoms with Crippen molar-refractivity contribution in [3.63, 3.8) is 0 Å². The zero-order valence-corrected chi connectivity index (χ0v) is 13.9. The van der Waals surface area contributed by atoms with Gasteiger partial charge in [0, 0.05) is 12.1 Å². The fourth-order valence-electron chi connectivity index (χ4n) is 1.95. The number of esters is 1. The van der Waals surface area contributed by atoms with Crippen LogP contribution in [0.2, 0.25) is 0 Å². The summed E-state index contributed by atoms with van der Waals surface area (Å²) in [7, 11) is -3.85. The number of benzene rings is 2. The van der Waals surface area contributed by atoms with Crippen molar-refractivity contribution in [1.29, 1.82) is 0 Å². The molecule has 0 aliphatic carbocycles. The second-order valence-electron chi connectivity index (χ2n) is 4.82. The number of hydrogen-bond acceptors (Lipinski definition) is 6. The zero-order valence-electron chi connectivity index (χ0n) is 12.2. The normalized spacial score (nSPS) is 11.9. The van der Waals surface area contributed by atoms with Crippen molar-refractivity contribution in [2.24, 2.45) is 5.14 Å². The lowest BCUT2D eigenvalue weighted by atomic mass is 10.2. The maximum Gasteiger partial charge on any atom is 0.336 e. The average Bonchev–Trinajstić information content (AvgIpc) is 2.97. The predicted octanol–water partition coefficient (Wildman–Crippen LogP) is 2.56. The van der Waals surface area contributed by atoms with Gasteiger partial charge < -0.3 is 4.74 Å². The molecule has 122 valence electrons. The average molecular weight is 360 g/mol. The van der Waals surface area contributed by atoms with E-state index in [1.807, 2.05) is 30.3 Å². The Balaban J connectivity index is 1.77. The van der Waals surface area contributed by atoms with E-state index in [-0.39, 0.29) is 4.34 Å². The molecule has 1 heterocycles. The molecule has 0 unspecified atom stereocenters. The van der Waals surface area contributed by atoms with Crippen LogP contribution >= 0.6 is 11.3 Å². The van der Waals surface area contributed by atoms with E-state index in [2.05, 4.69) is 4.98 Å². The standard InChI is InChI=1S/C16H12N2O4S2/c17-24(20,21)16-18-13-8-7-12(10-14(13)23-16)22-15(19)9-6-11-4-2-1-3-5-11/h1-10H,(H2,17,20,21). The molecule has 2 aromatic carbocycles. The number of ether oxygens (including phenoxy) is 1. The van der Waals surface area contributed by atoms with Gasteiger partial charge in [-0.2, -0.15) is 0 Å². The number of primary sulfonamides is 1. The Labute approximate surface area is 142 Å². The SMILES string of the molecule is NS(=O)(=O)c1nc2ccc(OC(=O)C=Cc3ccccc3)cc2s1. The van der Waals surface area contributed by atoms with Gasteiger partial charge in [-0.15, -0.1) is 11.3 Å². The molecule has 0 aliphatic heterocycles. The lowest BCUT2D eigenvalue weighted by Gasteiger charge is -2.00. The van der Waals surface area contributed by atoms with Gasteiger partial charge in [0.2, 0.25) is 4.34 Å². The number of carbonyl (C=O) groups excluding carboxylic acids is 1. The van der Waals surface area contributed by atoms with E-state index in [4.69, 9.17) is 9.88 Å². The van der Waals surface area contributed by atoms with Crippen LogP contribution in [0.25, 0.3) is 16.3 Å². The van der Waals surface area contributed by atoms with Gasteiger partial charge in [0.05, 0.1) is 10.2 Å². The van der Waals surface area contributed by atoms with Crippen LogP contribution in [0.4, 0.5) is 0 Å². The first-order valence-electron chi connectivity index (χ1n) is 6.80. The van der Waals surface area contributed by atoms with Gasteiger partial charge >= 0.3 is 5.97 Å². The first-order chi connectivity index (χ1) is 11.4. The van der Waals surface area contributed by atoms with Crippen LogP contribution in [0, 0.1) is 0 Å². The quantitative estimate of drug-likeness (QED) is 0.438. The largest absolute Gasteiger partial charge is 0.423 e. The minimum Gasteiger partial charge on any atom is -0.423 e. The van der Waals surface area contributed by atoms with Crippen LogP contribution in [0.15, 0.2) is 58.9 Å². The van der Waals surface area contributed by atoms with E-state index in [0.29, 0.717) is 16.0 Å². The second-order valence-corrected chi connectivity index (χ2v) is 7.59. The minimum absolute atomic E-state index is 0.176. The van der Waals surface area contributed by atoms with Crippen LogP contribution in [-0.2, 0) is 14.8 Å². The van der Waals surface area contributed by atoms with E-state index in [1.165, 1.54) is 6.08 Å². The summed E-state index contributed by atoms with van der Waals surface area (Å²) in [6.45, 7) is 0. The second kappa shape index (κ2) is 6.52. The lowest BCUT2D eigenvalue weighted by Crippen LogP contribution is -2.11. The van der Waals surface area contributed by atoms with Crippen LogP contribution in [0.5, 0.6) is 5.75 Å². The first kappa shape index (κ1) is 16.3. The van der Waals surface area contributed by atoms with Crippen molar-refractivity contribution in [1.82, 2.24) is 4.98 Å². The van der Waals surface area contributed by atoms with Crippen LogP contribution in [-0.4, -0.2) is 19.4 Å². The van der Waals surface area contributed by atoms with Crippen molar-refractivity contribution in [3.8, 4) is 5.75 Å². The third-order valence-electron chi connectivity index (χ3n) is 3.01. The van der Waals surface area contributed by atoms with Crippen LogP contribution in [0.1, 0.15) is 5.56 Å². The molecule has 0 spiro atoms. The van der Waals surface area contributed by atoms with E-state index >= 15 is 0 Å². The molecule has 3 aromatic rings. The Morgan fingerprint density at radius 3 is 2.62 bits per heavy atom. The molecule has 0 saturated heterocycles. The zero-order chi connectivity index (χ0) is 17.2. The number of hydrogen-bond donors (Lipinski definition) is 1. The van der Waals surface area contributed by atoms with E-state index in [9.17, 15) is 13.2 Å². The Kier molecular flexibility index (Phi) is 4.43. The molecule has 0 fully saturated rings. The Hall–Kier alpha value is -2.55. The molecule has 0 bridgehead atoms. The highest BCUT2D eigenvalue weighted by Gasteiger charge is 2.15. The Morgan fingerprint density at radius 2 is 1.92 bits per heavy atom. The predicted molar refractivity (Wildman–Crippen MR) is 92.1 cm³/mol. The smallest absolute Gasteiger partial charge is 0.336 e. The molecule has 1 aromatic heterocycles. The molecule has 0 atom stereocenters. The van der Waals surface area contributed by atoms with Gasteiger partial charge in [0.15, 0.2) is 0 Å². The summed E-state index contributed by atoms with van der Waals surface area (Å²) in [5, 5.41) is 5.06. The maximum absolute atomic E-state index is 11.8. The Bertz CT molecular complexity index is 1020. The van der Waals surface area contributed by atoms with Crippen molar-refractivity contribution < 1.29 is 17.9 Å². The van der Waals surface area contributed by atoms with Crippen molar-refractivity contribution in [2.75, 3.05) is 0 Å². The third kappa shape index (κ3) is 3.85. The molecule has 3 rings (SSSR count). The van der Waals surface area contributed by atoms with Gasteiger partial charge in [-0.05, 0) is 23.8 Å². The summed E-state index contributed by atoms with van der Waals surface area (Å²) >= 11 is 0.922. The molecular weight excluding hydrogens is 348 g/mol. The summed E-state index contributed by atoms with van der Waals surface area (Å²) in [5.41, 5.74) is 1.36. The summed E-state index contributed by atoms with van der Waals surface area (Å²) in [6, 6.07) is 14.0. The molecule has 6 nitrogen and oxygen atoms in total. The van der Waals surface area contributed by atoms with Crippen LogP contribution in [0.3, 0.4) is 0 Å². The summed E-state index contributed by atoms with van der Waals surface area (Å²) in [6.07, 6.45) is 2.97. The number of rotatable bonds is 4. The number of carbonyl (C=O) groups is 1. The van der Waals surface area contributed by atoms with Gasteiger partial charge in [-0.25, -0.2) is 23.3 Å². The van der Waals surface area contributed by atoms with E-state index in [1.54, 1.807) is 24.3 Å². The number of aromatic nitrogens is 1.